The quantitative estimate of drug-likeness (QED) is 0.837. The summed E-state index contributed by atoms with van der Waals surface area (Å²) < 4.78 is 21.5. The standard InChI is InChI=1S/C13H14N2O4/c1-9-14-15-13(19-9)10-3-2-4-11(5-10)17-7-12-6-16-8-18-12/h2-5,12H,6-8H2,1H3. The molecule has 0 amide bonds. The summed E-state index contributed by atoms with van der Waals surface area (Å²) in [4.78, 5) is 0. The molecular formula is C13H14N2O4. The molecule has 2 heterocycles. The fourth-order valence-electron chi connectivity index (χ4n) is 1.79. The molecule has 1 fully saturated rings. The van der Waals surface area contributed by atoms with Crippen LogP contribution in [-0.4, -0.2) is 36.3 Å². The number of ether oxygens (including phenoxy) is 3. The van der Waals surface area contributed by atoms with Crippen LogP contribution in [0.2, 0.25) is 0 Å². The van der Waals surface area contributed by atoms with Crippen LogP contribution in [0.4, 0.5) is 0 Å². The lowest BCUT2D eigenvalue weighted by Crippen LogP contribution is -2.19. The van der Waals surface area contributed by atoms with Crippen LogP contribution in [0.25, 0.3) is 11.5 Å². The Labute approximate surface area is 110 Å². The molecule has 1 atom stereocenters. The van der Waals surface area contributed by atoms with E-state index >= 15 is 0 Å². The number of aromatic nitrogens is 2. The van der Waals surface area contributed by atoms with Crippen molar-refractivity contribution in [3.63, 3.8) is 0 Å². The van der Waals surface area contributed by atoms with Crippen LogP contribution < -0.4 is 4.74 Å². The van der Waals surface area contributed by atoms with Gasteiger partial charge in [0.1, 0.15) is 25.3 Å². The SMILES string of the molecule is Cc1nnc(-c2cccc(OCC3COCO3)c2)o1. The summed E-state index contributed by atoms with van der Waals surface area (Å²) >= 11 is 0. The minimum atomic E-state index is -0.00527. The number of aryl methyl sites for hydroxylation is 1. The van der Waals surface area contributed by atoms with E-state index in [1.54, 1.807) is 6.92 Å². The van der Waals surface area contributed by atoms with Crippen LogP contribution in [0.1, 0.15) is 5.89 Å². The average Bonchev–Trinajstić information content (AvgIpc) is 3.08. The summed E-state index contributed by atoms with van der Waals surface area (Å²) in [6.07, 6.45) is -0.00527. The molecule has 0 spiro atoms. The van der Waals surface area contributed by atoms with Crippen LogP contribution in [0.3, 0.4) is 0 Å². The fourth-order valence-corrected chi connectivity index (χ4v) is 1.79. The highest BCUT2D eigenvalue weighted by Gasteiger charge is 2.16. The minimum Gasteiger partial charge on any atom is -0.491 e. The van der Waals surface area contributed by atoms with Crippen molar-refractivity contribution in [2.24, 2.45) is 0 Å². The van der Waals surface area contributed by atoms with Gasteiger partial charge in [-0.3, -0.25) is 0 Å². The van der Waals surface area contributed by atoms with Gasteiger partial charge in [0.2, 0.25) is 11.8 Å². The van der Waals surface area contributed by atoms with Gasteiger partial charge in [-0.1, -0.05) is 6.07 Å². The Morgan fingerprint density at radius 2 is 2.32 bits per heavy atom. The van der Waals surface area contributed by atoms with Crippen LogP contribution in [0.15, 0.2) is 28.7 Å². The van der Waals surface area contributed by atoms with Crippen molar-refractivity contribution in [2.45, 2.75) is 13.0 Å². The van der Waals surface area contributed by atoms with E-state index in [1.165, 1.54) is 0 Å². The second kappa shape index (κ2) is 5.38. The average molecular weight is 262 g/mol. The number of rotatable bonds is 4. The van der Waals surface area contributed by atoms with Crippen LogP contribution in [0, 0.1) is 6.92 Å². The maximum atomic E-state index is 5.66. The van der Waals surface area contributed by atoms with Crippen molar-refractivity contribution in [2.75, 3.05) is 20.0 Å². The zero-order chi connectivity index (χ0) is 13.1. The molecule has 3 rings (SSSR count). The van der Waals surface area contributed by atoms with Crippen molar-refractivity contribution in [1.82, 2.24) is 10.2 Å². The van der Waals surface area contributed by atoms with Gasteiger partial charge in [0.05, 0.1) is 6.61 Å². The summed E-state index contributed by atoms with van der Waals surface area (Å²) in [7, 11) is 0. The Morgan fingerprint density at radius 1 is 1.37 bits per heavy atom. The lowest BCUT2D eigenvalue weighted by atomic mass is 10.2. The van der Waals surface area contributed by atoms with Crippen molar-refractivity contribution in [3.8, 4) is 17.2 Å². The smallest absolute Gasteiger partial charge is 0.247 e. The van der Waals surface area contributed by atoms with Crippen molar-refractivity contribution in [3.05, 3.63) is 30.2 Å². The molecule has 0 radical (unpaired) electrons. The third kappa shape index (κ3) is 2.91. The second-order valence-electron chi connectivity index (χ2n) is 4.24. The van der Waals surface area contributed by atoms with Gasteiger partial charge in [0.25, 0.3) is 0 Å². The number of hydrogen-bond donors (Lipinski definition) is 0. The highest BCUT2D eigenvalue weighted by molar-refractivity contribution is 5.55. The van der Waals surface area contributed by atoms with Gasteiger partial charge in [0.15, 0.2) is 0 Å². The van der Waals surface area contributed by atoms with E-state index in [2.05, 4.69) is 10.2 Å². The first-order chi connectivity index (χ1) is 9.31. The van der Waals surface area contributed by atoms with E-state index in [4.69, 9.17) is 18.6 Å². The Bertz CT molecular complexity index is 549. The van der Waals surface area contributed by atoms with E-state index in [9.17, 15) is 0 Å². The molecule has 2 aromatic rings. The Morgan fingerprint density at radius 3 is 3.05 bits per heavy atom. The molecule has 1 aliphatic rings. The molecule has 0 aliphatic carbocycles. The molecule has 1 aliphatic heterocycles. The molecule has 100 valence electrons. The fraction of sp³-hybridized carbons (Fsp3) is 0.385. The number of benzene rings is 1. The first kappa shape index (κ1) is 12.1. The van der Waals surface area contributed by atoms with E-state index in [0.717, 1.165) is 11.3 Å². The van der Waals surface area contributed by atoms with Crippen molar-refractivity contribution in [1.29, 1.82) is 0 Å². The zero-order valence-corrected chi connectivity index (χ0v) is 10.5. The summed E-state index contributed by atoms with van der Waals surface area (Å²) in [6.45, 7) is 3.14. The van der Waals surface area contributed by atoms with Gasteiger partial charge >= 0.3 is 0 Å². The molecule has 6 nitrogen and oxygen atoms in total. The molecule has 0 bridgehead atoms. The van der Waals surface area contributed by atoms with Crippen LogP contribution >= 0.6 is 0 Å². The summed E-state index contributed by atoms with van der Waals surface area (Å²) in [5.41, 5.74) is 0.835. The predicted octanol–water partition coefficient (Wildman–Crippen LogP) is 1.80. The molecule has 19 heavy (non-hydrogen) atoms. The predicted molar refractivity (Wildman–Crippen MR) is 65.7 cm³/mol. The third-order valence-electron chi connectivity index (χ3n) is 2.73. The lowest BCUT2D eigenvalue weighted by molar-refractivity contribution is 0.0320. The molecule has 1 aromatic heterocycles. The summed E-state index contributed by atoms with van der Waals surface area (Å²) in [6, 6.07) is 7.52. The Kier molecular flexibility index (Phi) is 3.43. The van der Waals surface area contributed by atoms with Crippen molar-refractivity contribution < 1.29 is 18.6 Å². The summed E-state index contributed by atoms with van der Waals surface area (Å²) in [5, 5.41) is 7.79. The normalized spacial score (nSPS) is 18.7. The van der Waals surface area contributed by atoms with Gasteiger partial charge in [-0.05, 0) is 18.2 Å². The third-order valence-corrected chi connectivity index (χ3v) is 2.73. The molecule has 0 N–H and O–H groups in total. The maximum absolute atomic E-state index is 5.66. The monoisotopic (exact) mass is 262 g/mol. The highest BCUT2D eigenvalue weighted by Crippen LogP contribution is 2.23. The first-order valence-electron chi connectivity index (χ1n) is 6.04. The summed E-state index contributed by atoms with van der Waals surface area (Å²) in [5.74, 6) is 1.77. The van der Waals surface area contributed by atoms with Gasteiger partial charge in [0, 0.05) is 12.5 Å². The highest BCUT2D eigenvalue weighted by atomic mass is 16.7. The van der Waals surface area contributed by atoms with Gasteiger partial charge in [-0.15, -0.1) is 10.2 Å². The second-order valence-corrected chi connectivity index (χ2v) is 4.24. The molecule has 1 unspecified atom stereocenters. The van der Waals surface area contributed by atoms with Crippen LogP contribution in [0.5, 0.6) is 5.75 Å². The Hall–Kier alpha value is -1.92. The zero-order valence-electron chi connectivity index (χ0n) is 10.5. The largest absolute Gasteiger partial charge is 0.491 e. The maximum Gasteiger partial charge on any atom is 0.247 e. The van der Waals surface area contributed by atoms with E-state index < -0.39 is 0 Å². The van der Waals surface area contributed by atoms with E-state index in [-0.39, 0.29) is 6.10 Å². The molecular weight excluding hydrogens is 248 g/mol. The lowest BCUT2D eigenvalue weighted by Gasteiger charge is -2.10. The molecule has 6 heteroatoms. The van der Waals surface area contributed by atoms with E-state index in [0.29, 0.717) is 31.8 Å². The number of hydrogen-bond acceptors (Lipinski definition) is 6. The van der Waals surface area contributed by atoms with Crippen molar-refractivity contribution >= 4 is 0 Å². The molecule has 1 saturated heterocycles. The molecule has 1 aromatic carbocycles. The topological polar surface area (TPSA) is 66.6 Å². The minimum absolute atomic E-state index is 0.00527. The van der Waals surface area contributed by atoms with Gasteiger partial charge in [-0.2, -0.15) is 0 Å². The Balaban J connectivity index is 1.69. The van der Waals surface area contributed by atoms with Gasteiger partial charge in [-0.25, -0.2) is 0 Å². The first-order valence-corrected chi connectivity index (χ1v) is 6.04. The number of nitrogens with zero attached hydrogens (tertiary/aromatic N) is 2. The van der Waals surface area contributed by atoms with Gasteiger partial charge < -0.3 is 18.6 Å². The molecule has 0 saturated carbocycles. The van der Waals surface area contributed by atoms with E-state index in [1.807, 2.05) is 24.3 Å². The van der Waals surface area contributed by atoms with Crippen LogP contribution in [-0.2, 0) is 9.47 Å².